The normalized spacial score (nSPS) is 9.89. The molecule has 0 bridgehead atoms. The SMILES string of the molecule is [N-]=[N+]=NCC#Cc1ccc2sc3ccccc3c2c1. The van der Waals surface area contributed by atoms with Gasteiger partial charge in [-0.3, -0.25) is 0 Å². The van der Waals surface area contributed by atoms with Crippen LogP contribution in [0.2, 0.25) is 0 Å². The van der Waals surface area contributed by atoms with Crippen LogP contribution in [0.3, 0.4) is 0 Å². The highest BCUT2D eigenvalue weighted by Gasteiger charge is 2.03. The molecule has 0 saturated carbocycles. The smallest absolute Gasteiger partial charge is 0.0880 e. The highest BCUT2D eigenvalue weighted by Crippen LogP contribution is 2.33. The van der Waals surface area contributed by atoms with Crippen LogP contribution in [0.4, 0.5) is 0 Å². The van der Waals surface area contributed by atoms with Crippen molar-refractivity contribution in [3.05, 3.63) is 58.5 Å². The average molecular weight is 263 g/mol. The van der Waals surface area contributed by atoms with Crippen LogP contribution in [0.1, 0.15) is 5.56 Å². The van der Waals surface area contributed by atoms with Gasteiger partial charge < -0.3 is 0 Å². The molecule has 0 spiro atoms. The van der Waals surface area contributed by atoms with E-state index in [2.05, 4.69) is 58.3 Å². The molecule has 1 aromatic heterocycles. The Morgan fingerprint density at radius 3 is 2.84 bits per heavy atom. The summed E-state index contributed by atoms with van der Waals surface area (Å²) >= 11 is 1.79. The molecule has 1 heterocycles. The first-order valence-corrected chi connectivity index (χ1v) is 6.61. The minimum atomic E-state index is 0.207. The van der Waals surface area contributed by atoms with E-state index in [1.54, 1.807) is 11.3 Å². The van der Waals surface area contributed by atoms with Crippen molar-refractivity contribution in [3.63, 3.8) is 0 Å². The van der Waals surface area contributed by atoms with Gasteiger partial charge in [-0.1, -0.05) is 35.2 Å². The van der Waals surface area contributed by atoms with Crippen molar-refractivity contribution in [2.75, 3.05) is 6.54 Å². The third kappa shape index (κ3) is 2.25. The summed E-state index contributed by atoms with van der Waals surface area (Å²) in [7, 11) is 0. The standard InChI is InChI=1S/C15H9N3S/c16-18-17-9-3-4-11-7-8-15-13(10-11)12-5-1-2-6-14(12)19-15/h1-2,5-8,10H,9H2. The van der Waals surface area contributed by atoms with Gasteiger partial charge in [-0.05, 0) is 29.8 Å². The van der Waals surface area contributed by atoms with Crippen molar-refractivity contribution in [3.8, 4) is 11.8 Å². The molecule has 3 nitrogen and oxygen atoms in total. The molecule has 3 aromatic rings. The third-order valence-corrected chi connectivity index (χ3v) is 3.97. The molecule has 0 N–H and O–H groups in total. The molecular formula is C15H9N3S. The Balaban J connectivity index is 2.10. The monoisotopic (exact) mass is 263 g/mol. The highest BCUT2D eigenvalue weighted by molar-refractivity contribution is 7.25. The number of fused-ring (bicyclic) bond motifs is 3. The van der Waals surface area contributed by atoms with E-state index < -0.39 is 0 Å². The average Bonchev–Trinajstić information content (AvgIpc) is 2.82. The summed E-state index contributed by atoms with van der Waals surface area (Å²) in [6, 6.07) is 14.6. The fraction of sp³-hybridized carbons (Fsp3) is 0.0667. The second-order valence-corrected chi connectivity index (χ2v) is 5.08. The maximum absolute atomic E-state index is 8.19. The summed E-state index contributed by atoms with van der Waals surface area (Å²) in [5.74, 6) is 5.86. The lowest BCUT2D eigenvalue weighted by molar-refractivity contribution is 1.25. The van der Waals surface area contributed by atoms with Gasteiger partial charge in [0.2, 0.25) is 0 Å². The number of hydrogen-bond acceptors (Lipinski definition) is 2. The zero-order chi connectivity index (χ0) is 13.1. The van der Waals surface area contributed by atoms with Gasteiger partial charge in [0.15, 0.2) is 0 Å². The van der Waals surface area contributed by atoms with Crippen LogP contribution in [0, 0.1) is 11.8 Å². The maximum atomic E-state index is 8.19. The number of azide groups is 1. The topological polar surface area (TPSA) is 48.8 Å². The molecule has 0 saturated heterocycles. The predicted octanol–water partition coefficient (Wildman–Crippen LogP) is 4.72. The molecule has 2 aromatic carbocycles. The third-order valence-electron chi connectivity index (χ3n) is 2.82. The van der Waals surface area contributed by atoms with Gasteiger partial charge in [0, 0.05) is 30.6 Å². The Labute approximate surface area is 114 Å². The van der Waals surface area contributed by atoms with Crippen LogP contribution in [-0.2, 0) is 0 Å². The molecule has 0 amide bonds. The van der Waals surface area contributed by atoms with Crippen molar-refractivity contribution in [2.45, 2.75) is 0 Å². The maximum Gasteiger partial charge on any atom is 0.0880 e. The van der Waals surface area contributed by atoms with Gasteiger partial charge in [-0.2, -0.15) is 0 Å². The highest BCUT2D eigenvalue weighted by atomic mass is 32.1. The van der Waals surface area contributed by atoms with Gasteiger partial charge in [0.1, 0.15) is 0 Å². The van der Waals surface area contributed by atoms with E-state index in [1.165, 1.54) is 20.2 Å². The molecule has 3 rings (SSSR count). The summed E-state index contributed by atoms with van der Waals surface area (Å²) in [6.45, 7) is 0.207. The first kappa shape index (κ1) is 11.6. The second-order valence-electron chi connectivity index (χ2n) is 4.00. The summed E-state index contributed by atoms with van der Waals surface area (Å²) < 4.78 is 2.55. The van der Waals surface area contributed by atoms with E-state index in [0.29, 0.717) is 0 Å². The number of benzene rings is 2. The quantitative estimate of drug-likeness (QED) is 0.264. The van der Waals surface area contributed by atoms with Gasteiger partial charge in [-0.15, -0.1) is 11.3 Å². The van der Waals surface area contributed by atoms with Crippen molar-refractivity contribution in [1.82, 2.24) is 0 Å². The predicted molar refractivity (Wildman–Crippen MR) is 80.2 cm³/mol. The van der Waals surface area contributed by atoms with Crippen molar-refractivity contribution < 1.29 is 0 Å². The molecule has 0 unspecified atom stereocenters. The fourth-order valence-corrected chi connectivity index (χ4v) is 3.10. The lowest BCUT2D eigenvalue weighted by Gasteiger charge is -1.93. The first-order valence-electron chi connectivity index (χ1n) is 5.79. The van der Waals surface area contributed by atoms with E-state index in [1.807, 2.05) is 6.07 Å². The van der Waals surface area contributed by atoms with Crippen LogP contribution in [0.25, 0.3) is 30.6 Å². The Morgan fingerprint density at radius 1 is 1.11 bits per heavy atom. The lowest BCUT2D eigenvalue weighted by Crippen LogP contribution is -1.75. The summed E-state index contributed by atoms with van der Waals surface area (Å²) in [4.78, 5) is 2.67. The molecule has 90 valence electrons. The number of thiophene rings is 1. The molecule has 0 atom stereocenters. The molecule has 0 aliphatic heterocycles. The van der Waals surface area contributed by atoms with Crippen LogP contribution < -0.4 is 0 Å². The van der Waals surface area contributed by atoms with Crippen LogP contribution >= 0.6 is 11.3 Å². The second kappa shape index (κ2) is 5.03. The molecule has 0 aliphatic carbocycles. The minimum absolute atomic E-state index is 0.207. The van der Waals surface area contributed by atoms with E-state index in [-0.39, 0.29) is 6.54 Å². The summed E-state index contributed by atoms with van der Waals surface area (Å²) in [5.41, 5.74) is 9.14. The zero-order valence-corrected chi connectivity index (χ0v) is 10.8. The largest absolute Gasteiger partial charge is 0.135 e. The van der Waals surface area contributed by atoms with Crippen molar-refractivity contribution in [2.24, 2.45) is 5.11 Å². The van der Waals surface area contributed by atoms with Gasteiger partial charge >= 0.3 is 0 Å². The Kier molecular flexibility index (Phi) is 3.07. The van der Waals surface area contributed by atoms with Gasteiger partial charge in [-0.25, -0.2) is 0 Å². The number of rotatable bonds is 1. The van der Waals surface area contributed by atoms with E-state index in [0.717, 1.165) is 5.56 Å². The molecule has 0 radical (unpaired) electrons. The molecule has 4 heteroatoms. The van der Waals surface area contributed by atoms with Gasteiger partial charge in [0.25, 0.3) is 0 Å². The van der Waals surface area contributed by atoms with Crippen LogP contribution in [0.15, 0.2) is 47.6 Å². The van der Waals surface area contributed by atoms with Crippen LogP contribution in [-0.4, -0.2) is 6.54 Å². The van der Waals surface area contributed by atoms with E-state index in [9.17, 15) is 0 Å². The van der Waals surface area contributed by atoms with Gasteiger partial charge in [0.05, 0.1) is 6.54 Å². The Bertz CT molecular complexity index is 861. The zero-order valence-electron chi connectivity index (χ0n) is 10.00. The number of hydrogen-bond donors (Lipinski definition) is 0. The Hall–Kier alpha value is -2.47. The minimum Gasteiger partial charge on any atom is -0.135 e. The summed E-state index contributed by atoms with van der Waals surface area (Å²) in [6.07, 6.45) is 0. The number of nitrogens with zero attached hydrogens (tertiary/aromatic N) is 3. The Morgan fingerprint density at radius 2 is 1.95 bits per heavy atom. The fourth-order valence-electron chi connectivity index (χ4n) is 2.01. The molecular weight excluding hydrogens is 254 g/mol. The van der Waals surface area contributed by atoms with E-state index in [4.69, 9.17) is 5.53 Å². The first-order chi connectivity index (χ1) is 9.38. The lowest BCUT2D eigenvalue weighted by atomic mass is 10.1. The van der Waals surface area contributed by atoms with Crippen molar-refractivity contribution >= 4 is 31.5 Å². The molecule has 0 fully saturated rings. The molecule has 19 heavy (non-hydrogen) atoms. The van der Waals surface area contributed by atoms with Crippen molar-refractivity contribution in [1.29, 1.82) is 0 Å². The molecule has 0 aliphatic rings. The summed E-state index contributed by atoms with van der Waals surface area (Å²) in [5, 5.41) is 5.90. The van der Waals surface area contributed by atoms with Crippen LogP contribution in [0.5, 0.6) is 0 Å². The van der Waals surface area contributed by atoms with E-state index >= 15 is 0 Å².